The van der Waals surface area contributed by atoms with Gasteiger partial charge in [-0.25, -0.2) is 8.78 Å². The molecule has 4 nitrogen and oxygen atoms in total. The molecule has 0 aliphatic heterocycles. The van der Waals surface area contributed by atoms with Gasteiger partial charge in [-0.05, 0) is 38.3 Å². The van der Waals surface area contributed by atoms with Crippen molar-refractivity contribution >= 4 is 5.97 Å². The number of hydrogen-bond donors (Lipinski definition) is 2. The summed E-state index contributed by atoms with van der Waals surface area (Å²) in [6.45, 7) is 1.61. The number of carbonyl (C=O) groups is 1. The molecule has 0 aliphatic rings. The van der Waals surface area contributed by atoms with Crippen LogP contribution in [0.15, 0.2) is 18.2 Å². The lowest BCUT2D eigenvalue weighted by Crippen LogP contribution is -2.44. The van der Waals surface area contributed by atoms with Crippen LogP contribution in [0.1, 0.15) is 26.2 Å². The second-order valence-electron chi connectivity index (χ2n) is 4.60. The Morgan fingerprint density at radius 2 is 2.11 bits per heavy atom. The van der Waals surface area contributed by atoms with Gasteiger partial charge in [-0.1, -0.05) is 0 Å². The van der Waals surface area contributed by atoms with Crippen LogP contribution in [-0.4, -0.2) is 23.2 Å². The number of ether oxygens (including phenoxy) is 1. The van der Waals surface area contributed by atoms with E-state index in [0.29, 0.717) is 12.8 Å². The highest BCUT2D eigenvalue weighted by molar-refractivity contribution is 5.77. The van der Waals surface area contributed by atoms with Gasteiger partial charge < -0.3 is 15.6 Å². The first-order valence-electron chi connectivity index (χ1n) is 5.93. The van der Waals surface area contributed by atoms with Crippen molar-refractivity contribution in [1.82, 2.24) is 0 Å². The largest absolute Gasteiger partial charge is 0.490 e. The predicted octanol–water partition coefficient (Wildman–Crippen LogP) is 2.32. The van der Waals surface area contributed by atoms with Gasteiger partial charge in [-0.3, -0.25) is 4.79 Å². The zero-order chi connectivity index (χ0) is 14.5. The van der Waals surface area contributed by atoms with Gasteiger partial charge in [-0.2, -0.15) is 0 Å². The van der Waals surface area contributed by atoms with Crippen LogP contribution in [0.4, 0.5) is 8.78 Å². The fourth-order valence-electron chi connectivity index (χ4n) is 1.47. The molecule has 0 spiro atoms. The maximum absolute atomic E-state index is 13.2. The van der Waals surface area contributed by atoms with E-state index in [1.807, 2.05) is 0 Å². The van der Waals surface area contributed by atoms with Crippen molar-refractivity contribution in [2.24, 2.45) is 5.73 Å². The quantitative estimate of drug-likeness (QED) is 0.748. The Morgan fingerprint density at radius 3 is 2.74 bits per heavy atom. The van der Waals surface area contributed by atoms with E-state index in [2.05, 4.69) is 0 Å². The standard InChI is InChI=1S/C13H17F2NO3/c1-13(16,12(17)18)6-2-3-7-19-11-8-9(14)4-5-10(11)15/h4-5,8H,2-3,6-7,16H2,1H3,(H,17,18). The summed E-state index contributed by atoms with van der Waals surface area (Å²) in [5, 5.41) is 8.80. The van der Waals surface area contributed by atoms with Gasteiger partial charge in [0.2, 0.25) is 0 Å². The number of halogens is 2. The Labute approximate surface area is 110 Å². The highest BCUT2D eigenvalue weighted by atomic mass is 19.1. The zero-order valence-electron chi connectivity index (χ0n) is 10.7. The number of unbranched alkanes of at least 4 members (excludes halogenated alkanes) is 1. The molecule has 6 heteroatoms. The van der Waals surface area contributed by atoms with Crippen molar-refractivity contribution in [3.63, 3.8) is 0 Å². The molecule has 0 radical (unpaired) electrons. The summed E-state index contributed by atoms with van der Waals surface area (Å²) in [4.78, 5) is 10.7. The summed E-state index contributed by atoms with van der Waals surface area (Å²) in [5.41, 5.74) is 4.27. The van der Waals surface area contributed by atoms with Crippen molar-refractivity contribution in [3.8, 4) is 5.75 Å². The molecule has 3 N–H and O–H groups in total. The molecule has 1 atom stereocenters. The molecular formula is C13H17F2NO3. The van der Waals surface area contributed by atoms with E-state index in [-0.39, 0.29) is 18.8 Å². The summed E-state index contributed by atoms with van der Waals surface area (Å²) in [6, 6.07) is 2.97. The number of hydrogen-bond acceptors (Lipinski definition) is 3. The summed E-state index contributed by atoms with van der Waals surface area (Å²) in [6.07, 6.45) is 1.32. The van der Waals surface area contributed by atoms with Gasteiger partial charge in [0.1, 0.15) is 11.4 Å². The molecule has 0 saturated carbocycles. The van der Waals surface area contributed by atoms with Crippen LogP contribution in [0.25, 0.3) is 0 Å². The van der Waals surface area contributed by atoms with Crippen LogP contribution < -0.4 is 10.5 Å². The van der Waals surface area contributed by atoms with E-state index in [1.165, 1.54) is 6.92 Å². The van der Waals surface area contributed by atoms with Crippen LogP contribution in [0, 0.1) is 11.6 Å². The van der Waals surface area contributed by atoms with Gasteiger partial charge >= 0.3 is 5.97 Å². The van der Waals surface area contributed by atoms with Crippen LogP contribution in [0.2, 0.25) is 0 Å². The summed E-state index contributed by atoms with van der Waals surface area (Å²) >= 11 is 0. The van der Waals surface area contributed by atoms with E-state index in [4.69, 9.17) is 15.6 Å². The Balaban J connectivity index is 2.32. The lowest BCUT2D eigenvalue weighted by Gasteiger charge is -2.18. The average molecular weight is 273 g/mol. The van der Waals surface area contributed by atoms with E-state index in [0.717, 1.165) is 18.2 Å². The molecule has 1 aromatic carbocycles. The molecule has 0 fully saturated rings. The minimum Gasteiger partial charge on any atom is -0.490 e. The molecule has 1 rings (SSSR count). The monoisotopic (exact) mass is 273 g/mol. The van der Waals surface area contributed by atoms with Crippen molar-refractivity contribution in [3.05, 3.63) is 29.8 Å². The molecule has 0 aromatic heterocycles. The topological polar surface area (TPSA) is 72.5 Å². The number of nitrogens with two attached hydrogens (primary N) is 1. The average Bonchev–Trinajstić information content (AvgIpc) is 2.32. The second-order valence-corrected chi connectivity index (χ2v) is 4.60. The molecule has 106 valence electrons. The minimum absolute atomic E-state index is 0.145. The molecule has 0 saturated heterocycles. The molecule has 0 aliphatic carbocycles. The smallest absolute Gasteiger partial charge is 0.323 e. The Kier molecular flexibility index (Phi) is 5.23. The van der Waals surface area contributed by atoms with E-state index >= 15 is 0 Å². The third kappa shape index (κ3) is 4.82. The highest BCUT2D eigenvalue weighted by Gasteiger charge is 2.26. The summed E-state index contributed by atoms with van der Waals surface area (Å²) in [5.74, 6) is -2.41. The van der Waals surface area contributed by atoms with Crippen LogP contribution >= 0.6 is 0 Å². The molecule has 19 heavy (non-hydrogen) atoms. The molecule has 0 heterocycles. The molecular weight excluding hydrogens is 256 g/mol. The van der Waals surface area contributed by atoms with Crippen molar-refractivity contribution in [2.75, 3.05) is 6.61 Å². The first-order chi connectivity index (χ1) is 8.83. The van der Waals surface area contributed by atoms with Crippen LogP contribution in [0.3, 0.4) is 0 Å². The van der Waals surface area contributed by atoms with Crippen LogP contribution in [0.5, 0.6) is 5.75 Å². The number of aliphatic carboxylic acids is 1. The number of carboxylic acid groups (broad SMARTS) is 1. The third-order valence-corrected chi connectivity index (χ3v) is 2.73. The lowest BCUT2D eigenvalue weighted by atomic mass is 9.97. The predicted molar refractivity (Wildman–Crippen MR) is 65.9 cm³/mol. The van der Waals surface area contributed by atoms with E-state index < -0.39 is 23.1 Å². The summed E-state index contributed by atoms with van der Waals surface area (Å²) in [7, 11) is 0. The van der Waals surface area contributed by atoms with E-state index in [9.17, 15) is 13.6 Å². The SMILES string of the molecule is CC(N)(CCCCOc1cc(F)ccc1F)C(=O)O. The molecule has 1 unspecified atom stereocenters. The van der Waals surface area contributed by atoms with Crippen molar-refractivity contribution in [1.29, 1.82) is 0 Å². The van der Waals surface area contributed by atoms with E-state index in [1.54, 1.807) is 0 Å². The number of carboxylic acids is 1. The fraction of sp³-hybridized carbons (Fsp3) is 0.462. The Bertz CT molecular complexity index is 450. The maximum Gasteiger partial charge on any atom is 0.323 e. The Morgan fingerprint density at radius 1 is 1.42 bits per heavy atom. The second kappa shape index (κ2) is 6.47. The zero-order valence-corrected chi connectivity index (χ0v) is 10.7. The van der Waals surface area contributed by atoms with Gasteiger partial charge in [0.15, 0.2) is 11.6 Å². The fourth-order valence-corrected chi connectivity index (χ4v) is 1.47. The molecule has 1 aromatic rings. The highest BCUT2D eigenvalue weighted by Crippen LogP contribution is 2.18. The molecule has 0 bridgehead atoms. The number of benzene rings is 1. The minimum atomic E-state index is -1.27. The molecule has 0 amide bonds. The Hall–Kier alpha value is -1.69. The van der Waals surface area contributed by atoms with Gasteiger partial charge in [0.05, 0.1) is 6.61 Å². The first-order valence-corrected chi connectivity index (χ1v) is 5.93. The summed E-state index contributed by atoms with van der Waals surface area (Å²) < 4.78 is 31.1. The number of rotatable bonds is 7. The normalized spacial score (nSPS) is 13.9. The lowest BCUT2D eigenvalue weighted by molar-refractivity contribution is -0.142. The van der Waals surface area contributed by atoms with Gasteiger partial charge in [-0.15, -0.1) is 0 Å². The first kappa shape index (κ1) is 15.4. The van der Waals surface area contributed by atoms with Crippen LogP contribution in [-0.2, 0) is 4.79 Å². The van der Waals surface area contributed by atoms with Gasteiger partial charge in [0, 0.05) is 6.07 Å². The van der Waals surface area contributed by atoms with Crippen molar-refractivity contribution in [2.45, 2.75) is 31.7 Å². The van der Waals surface area contributed by atoms with Crippen molar-refractivity contribution < 1.29 is 23.4 Å². The third-order valence-electron chi connectivity index (χ3n) is 2.73. The van der Waals surface area contributed by atoms with Gasteiger partial charge in [0.25, 0.3) is 0 Å². The maximum atomic E-state index is 13.2.